The number of nitrogen functional groups attached to an aromatic ring is 1. The molecule has 0 bridgehead atoms. The van der Waals surface area contributed by atoms with Crippen LogP contribution in [0.2, 0.25) is 0 Å². The number of nitrogens with one attached hydrogen (secondary N) is 1. The van der Waals surface area contributed by atoms with Gasteiger partial charge in [0.25, 0.3) is 5.91 Å². The number of rotatable bonds is 3. The first-order valence-corrected chi connectivity index (χ1v) is 6.02. The van der Waals surface area contributed by atoms with Crippen molar-refractivity contribution in [3.8, 4) is 0 Å². The number of nitrogens with two attached hydrogens (primary N) is 1. The Labute approximate surface area is 112 Å². The Kier molecular flexibility index (Phi) is 3.61. The van der Waals surface area contributed by atoms with Gasteiger partial charge in [-0.1, -0.05) is 0 Å². The smallest absolute Gasteiger partial charge is 0.253 e. The molecule has 3 N–H and O–H groups in total. The molecule has 0 aliphatic heterocycles. The number of nitrogens with zero attached hydrogens (tertiary/aromatic N) is 3. The number of amides is 1. The van der Waals surface area contributed by atoms with Gasteiger partial charge in [-0.2, -0.15) is 5.10 Å². The van der Waals surface area contributed by atoms with Crippen molar-refractivity contribution in [1.82, 2.24) is 20.1 Å². The molecule has 2 heterocycles. The average Bonchev–Trinajstić information content (AvgIpc) is 2.67. The second-order valence-electron chi connectivity index (χ2n) is 3.75. The number of hydrogen-bond donors (Lipinski definition) is 2. The molecule has 1 amide bonds. The van der Waals surface area contributed by atoms with Crippen LogP contribution in [0.3, 0.4) is 0 Å². The average molecular weight is 310 g/mol. The van der Waals surface area contributed by atoms with Gasteiger partial charge in [0.2, 0.25) is 0 Å². The zero-order chi connectivity index (χ0) is 13.1. The Morgan fingerprint density at radius 2 is 2.28 bits per heavy atom. The van der Waals surface area contributed by atoms with Crippen LogP contribution in [0.5, 0.6) is 0 Å². The second-order valence-corrected chi connectivity index (χ2v) is 4.67. The van der Waals surface area contributed by atoms with E-state index >= 15 is 0 Å². The number of carbonyl (C=O) groups excluding carboxylic acids is 1. The maximum Gasteiger partial charge on any atom is 0.253 e. The Balaban J connectivity index is 2.03. The van der Waals surface area contributed by atoms with Gasteiger partial charge in [-0.25, -0.2) is 0 Å². The molecule has 7 heteroatoms. The van der Waals surface area contributed by atoms with Crippen molar-refractivity contribution in [3.05, 3.63) is 40.3 Å². The van der Waals surface area contributed by atoms with Crippen LogP contribution in [0.25, 0.3) is 0 Å². The molecular weight excluding hydrogens is 298 g/mol. The highest BCUT2D eigenvalue weighted by Gasteiger charge is 2.09. The molecule has 2 aromatic rings. The molecule has 2 aromatic heterocycles. The predicted octanol–water partition coefficient (Wildman–Crippen LogP) is 1.09. The van der Waals surface area contributed by atoms with Crippen molar-refractivity contribution in [3.63, 3.8) is 0 Å². The third-order valence-corrected chi connectivity index (χ3v) is 2.90. The van der Waals surface area contributed by atoms with Crippen molar-refractivity contribution in [2.75, 3.05) is 5.73 Å². The summed E-state index contributed by atoms with van der Waals surface area (Å²) in [6.07, 6.45) is 4.76. The number of aromatic nitrogens is 3. The van der Waals surface area contributed by atoms with Gasteiger partial charge < -0.3 is 11.1 Å². The summed E-state index contributed by atoms with van der Waals surface area (Å²) in [5, 5.41) is 6.77. The number of aryl methyl sites for hydroxylation is 1. The zero-order valence-corrected chi connectivity index (χ0v) is 11.3. The van der Waals surface area contributed by atoms with E-state index in [-0.39, 0.29) is 5.91 Å². The van der Waals surface area contributed by atoms with E-state index in [0.29, 0.717) is 17.9 Å². The SMILES string of the molecule is Cn1ncc(CNC(=O)c2cncc(Br)c2)c1N. The predicted molar refractivity (Wildman–Crippen MR) is 70.7 cm³/mol. The van der Waals surface area contributed by atoms with Crippen LogP contribution < -0.4 is 11.1 Å². The lowest BCUT2D eigenvalue weighted by Gasteiger charge is -2.04. The van der Waals surface area contributed by atoms with Crippen LogP contribution >= 0.6 is 15.9 Å². The molecule has 0 unspecified atom stereocenters. The van der Waals surface area contributed by atoms with Gasteiger partial charge in [0, 0.05) is 36.0 Å². The highest BCUT2D eigenvalue weighted by molar-refractivity contribution is 9.10. The van der Waals surface area contributed by atoms with Crippen molar-refractivity contribution < 1.29 is 4.79 Å². The minimum absolute atomic E-state index is 0.202. The van der Waals surface area contributed by atoms with Crippen LogP contribution in [0, 0.1) is 0 Å². The summed E-state index contributed by atoms with van der Waals surface area (Å²) in [6.45, 7) is 0.338. The number of carbonyl (C=O) groups is 1. The van der Waals surface area contributed by atoms with Crippen molar-refractivity contribution in [2.24, 2.45) is 7.05 Å². The topological polar surface area (TPSA) is 85.8 Å². The fourth-order valence-corrected chi connectivity index (χ4v) is 1.81. The van der Waals surface area contributed by atoms with Crippen LogP contribution in [0.15, 0.2) is 29.1 Å². The van der Waals surface area contributed by atoms with E-state index in [1.807, 2.05) is 0 Å². The Bertz CT molecular complexity index is 581. The van der Waals surface area contributed by atoms with E-state index in [4.69, 9.17) is 5.73 Å². The van der Waals surface area contributed by atoms with Gasteiger partial charge in [0.05, 0.1) is 11.8 Å². The Morgan fingerprint density at radius 1 is 1.50 bits per heavy atom. The van der Waals surface area contributed by atoms with Gasteiger partial charge >= 0.3 is 0 Å². The minimum Gasteiger partial charge on any atom is -0.384 e. The van der Waals surface area contributed by atoms with E-state index in [1.54, 1.807) is 30.2 Å². The van der Waals surface area contributed by atoms with Gasteiger partial charge in [-0.05, 0) is 22.0 Å². The normalized spacial score (nSPS) is 10.3. The van der Waals surface area contributed by atoms with Crippen molar-refractivity contribution in [2.45, 2.75) is 6.54 Å². The number of pyridine rings is 1. The van der Waals surface area contributed by atoms with Crippen LogP contribution in [-0.2, 0) is 13.6 Å². The molecule has 0 atom stereocenters. The Morgan fingerprint density at radius 3 is 2.89 bits per heavy atom. The molecule has 0 aliphatic rings. The first kappa shape index (κ1) is 12.6. The molecule has 18 heavy (non-hydrogen) atoms. The fourth-order valence-electron chi connectivity index (χ4n) is 1.44. The molecule has 0 saturated carbocycles. The third-order valence-electron chi connectivity index (χ3n) is 2.47. The number of halogens is 1. The largest absolute Gasteiger partial charge is 0.384 e. The summed E-state index contributed by atoms with van der Waals surface area (Å²) < 4.78 is 2.32. The molecule has 2 rings (SSSR count). The molecule has 0 saturated heterocycles. The van der Waals surface area contributed by atoms with E-state index in [9.17, 15) is 4.79 Å². The summed E-state index contributed by atoms with van der Waals surface area (Å²) in [5.74, 6) is 0.342. The van der Waals surface area contributed by atoms with Gasteiger partial charge in [-0.3, -0.25) is 14.5 Å². The highest BCUT2D eigenvalue weighted by Crippen LogP contribution is 2.11. The number of anilines is 1. The lowest BCUT2D eigenvalue weighted by Crippen LogP contribution is -2.23. The van der Waals surface area contributed by atoms with Crippen LogP contribution in [0.4, 0.5) is 5.82 Å². The van der Waals surface area contributed by atoms with E-state index < -0.39 is 0 Å². The number of hydrogen-bond acceptors (Lipinski definition) is 4. The molecule has 0 aliphatic carbocycles. The summed E-state index contributed by atoms with van der Waals surface area (Å²) in [6, 6.07) is 1.70. The van der Waals surface area contributed by atoms with Crippen molar-refractivity contribution >= 4 is 27.7 Å². The van der Waals surface area contributed by atoms with Gasteiger partial charge in [0.15, 0.2) is 0 Å². The van der Waals surface area contributed by atoms with Gasteiger partial charge in [0.1, 0.15) is 5.82 Å². The van der Waals surface area contributed by atoms with E-state index in [1.165, 1.54) is 6.20 Å². The standard InChI is InChI=1S/C11H12BrN5O/c1-17-10(13)8(5-16-17)4-15-11(18)7-2-9(12)6-14-3-7/h2-3,5-6H,4,13H2,1H3,(H,15,18). The van der Waals surface area contributed by atoms with Crippen LogP contribution in [0.1, 0.15) is 15.9 Å². The summed E-state index contributed by atoms with van der Waals surface area (Å²) in [4.78, 5) is 15.8. The van der Waals surface area contributed by atoms with E-state index in [2.05, 4.69) is 31.3 Å². The molecule has 0 fully saturated rings. The summed E-state index contributed by atoms with van der Waals surface area (Å²) >= 11 is 3.27. The third kappa shape index (κ3) is 2.67. The molecule has 6 nitrogen and oxygen atoms in total. The van der Waals surface area contributed by atoms with Gasteiger partial charge in [-0.15, -0.1) is 0 Å². The zero-order valence-electron chi connectivity index (χ0n) is 9.72. The molecule has 94 valence electrons. The molecular formula is C11H12BrN5O. The first-order chi connectivity index (χ1) is 8.58. The maximum atomic E-state index is 11.8. The van der Waals surface area contributed by atoms with E-state index in [0.717, 1.165) is 10.0 Å². The lowest BCUT2D eigenvalue weighted by molar-refractivity contribution is 0.0950. The highest BCUT2D eigenvalue weighted by atomic mass is 79.9. The second kappa shape index (κ2) is 5.18. The molecule has 0 spiro atoms. The van der Waals surface area contributed by atoms with Crippen LogP contribution in [-0.4, -0.2) is 20.7 Å². The molecule has 0 aromatic carbocycles. The lowest BCUT2D eigenvalue weighted by atomic mass is 10.2. The Hall–Kier alpha value is -1.89. The quantitative estimate of drug-likeness (QED) is 0.888. The minimum atomic E-state index is -0.202. The first-order valence-electron chi connectivity index (χ1n) is 5.23. The van der Waals surface area contributed by atoms with Crippen molar-refractivity contribution in [1.29, 1.82) is 0 Å². The maximum absolute atomic E-state index is 11.8. The summed E-state index contributed by atoms with van der Waals surface area (Å²) in [5.41, 5.74) is 7.06. The fraction of sp³-hybridized carbons (Fsp3) is 0.182. The monoisotopic (exact) mass is 309 g/mol. The molecule has 0 radical (unpaired) electrons. The summed E-state index contributed by atoms with van der Waals surface area (Å²) in [7, 11) is 1.75.